The standard InChI is InChI=1S/C12H19N3O2S/c1-12(3-2-4-13-8-12)11-14-10(15-17-11)9-7-18-6-5-16-9/h9,13H,2-8H2,1H3. The molecule has 2 aliphatic rings. The summed E-state index contributed by atoms with van der Waals surface area (Å²) in [6.07, 6.45) is 2.26. The van der Waals surface area contributed by atoms with Crippen LogP contribution in [-0.4, -0.2) is 41.3 Å². The van der Waals surface area contributed by atoms with Crippen LogP contribution in [0.2, 0.25) is 0 Å². The maximum Gasteiger partial charge on any atom is 0.233 e. The quantitative estimate of drug-likeness (QED) is 0.878. The van der Waals surface area contributed by atoms with E-state index in [9.17, 15) is 0 Å². The fourth-order valence-corrected chi connectivity index (χ4v) is 3.33. The molecule has 2 fully saturated rings. The number of nitrogens with zero attached hydrogens (tertiary/aromatic N) is 2. The number of ether oxygens (including phenoxy) is 1. The fourth-order valence-electron chi connectivity index (χ4n) is 2.49. The molecule has 0 amide bonds. The number of rotatable bonds is 2. The van der Waals surface area contributed by atoms with Crippen molar-refractivity contribution >= 4 is 11.8 Å². The predicted molar refractivity (Wildman–Crippen MR) is 69.8 cm³/mol. The number of thioether (sulfide) groups is 1. The van der Waals surface area contributed by atoms with Crippen molar-refractivity contribution in [3.63, 3.8) is 0 Å². The summed E-state index contributed by atoms with van der Waals surface area (Å²) in [5.74, 6) is 3.45. The molecule has 2 aliphatic heterocycles. The highest BCUT2D eigenvalue weighted by molar-refractivity contribution is 7.99. The van der Waals surface area contributed by atoms with E-state index in [4.69, 9.17) is 9.26 Å². The highest BCUT2D eigenvalue weighted by Gasteiger charge is 2.35. The molecule has 1 aromatic rings. The molecule has 2 saturated heterocycles. The second kappa shape index (κ2) is 5.19. The van der Waals surface area contributed by atoms with Gasteiger partial charge in [-0.05, 0) is 26.3 Å². The van der Waals surface area contributed by atoms with Gasteiger partial charge in [0.25, 0.3) is 0 Å². The Morgan fingerprint density at radius 3 is 3.17 bits per heavy atom. The molecule has 5 nitrogen and oxygen atoms in total. The molecule has 0 aromatic carbocycles. The third kappa shape index (κ3) is 2.41. The Hall–Kier alpha value is -0.590. The zero-order valence-corrected chi connectivity index (χ0v) is 11.5. The molecule has 0 spiro atoms. The van der Waals surface area contributed by atoms with E-state index in [0.29, 0.717) is 5.82 Å². The van der Waals surface area contributed by atoms with E-state index in [-0.39, 0.29) is 11.5 Å². The average molecular weight is 269 g/mol. The van der Waals surface area contributed by atoms with Crippen molar-refractivity contribution < 1.29 is 9.26 Å². The molecule has 0 aliphatic carbocycles. The van der Waals surface area contributed by atoms with Gasteiger partial charge in [0.15, 0.2) is 0 Å². The van der Waals surface area contributed by atoms with Crippen molar-refractivity contribution in [2.45, 2.75) is 31.3 Å². The number of nitrogens with one attached hydrogen (secondary N) is 1. The molecule has 2 atom stereocenters. The smallest absolute Gasteiger partial charge is 0.233 e. The largest absolute Gasteiger partial charge is 0.368 e. The Balaban J connectivity index is 1.75. The summed E-state index contributed by atoms with van der Waals surface area (Å²) >= 11 is 1.88. The van der Waals surface area contributed by atoms with Crippen LogP contribution >= 0.6 is 11.8 Å². The van der Waals surface area contributed by atoms with Gasteiger partial charge in [-0.2, -0.15) is 16.7 Å². The minimum atomic E-state index is -0.0225. The van der Waals surface area contributed by atoms with Gasteiger partial charge < -0.3 is 14.6 Å². The van der Waals surface area contributed by atoms with E-state index in [1.54, 1.807) is 0 Å². The number of aromatic nitrogens is 2. The first kappa shape index (κ1) is 12.4. The zero-order chi connectivity index (χ0) is 12.4. The molecule has 1 aromatic heterocycles. The summed E-state index contributed by atoms with van der Waals surface area (Å²) in [5, 5.41) is 7.51. The molecule has 3 heterocycles. The van der Waals surface area contributed by atoms with Crippen LogP contribution in [0.3, 0.4) is 0 Å². The Kier molecular flexibility index (Phi) is 3.59. The van der Waals surface area contributed by atoms with Crippen LogP contribution in [-0.2, 0) is 10.2 Å². The van der Waals surface area contributed by atoms with Gasteiger partial charge in [-0.3, -0.25) is 0 Å². The lowest BCUT2D eigenvalue weighted by Crippen LogP contribution is -2.41. The first-order valence-electron chi connectivity index (χ1n) is 6.52. The molecule has 6 heteroatoms. The molecule has 3 rings (SSSR count). The van der Waals surface area contributed by atoms with Gasteiger partial charge in [-0.25, -0.2) is 0 Å². The van der Waals surface area contributed by atoms with Gasteiger partial charge in [-0.1, -0.05) is 5.16 Å². The monoisotopic (exact) mass is 269 g/mol. The van der Waals surface area contributed by atoms with Crippen LogP contribution in [0.5, 0.6) is 0 Å². The van der Waals surface area contributed by atoms with Crippen molar-refractivity contribution in [1.82, 2.24) is 15.5 Å². The summed E-state index contributed by atoms with van der Waals surface area (Å²) in [6.45, 7) is 4.96. The highest BCUT2D eigenvalue weighted by atomic mass is 32.2. The lowest BCUT2D eigenvalue weighted by molar-refractivity contribution is 0.0677. The van der Waals surface area contributed by atoms with Gasteiger partial charge in [-0.15, -0.1) is 0 Å². The van der Waals surface area contributed by atoms with Crippen molar-refractivity contribution in [3.8, 4) is 0 Å². The molecule has 0 saturated carbocycles. The second-order valence-corrected chi connectivity index (χ2v) is 6.38. The second-order valence-electron chi connectivity index (χ2n) is 5.23. The third-order valence-corrected chi connectivity index (χ3v) is 4.65. The lowest BCUT2D eigenvalue weighted by Gasteiger charge is -2.30. The SMILES string of the molecule is CC1(c2nc(C3CSCCO3)no2)CCCNC1. The van der Waals surface area contributed by atoms with Gasteiger partial charge in [0.1, 0.15) is 6.10 Å². The van der Waals surface area contributed by atoms with Gasteiger partial charge in [0.2, 0.25) is 11.7 Å². The van der Waals surface area contributed by atoms with Gasteiger partial charge >= 0.3 is 0 Å². The van der Waals surface area contributed by atoms with Crippen LogP contribution in [0, 0.1) is 0 Å². The van der Waals surface area contributed by atoms with Crippen LogP contribution in [0.1, 0.15) is 37.6 Å². The summed E-state index contributed by atoms with van der Waals surface area (Å²) < 4.78 is 11.1. The van der Waals surface area contributed by atoms with E-state index in [2.05, 4.69) is 22.4 Å². The van der Waals surface area contributed by atoms with E-state index in [0.717, 1.165) is 49.9 Å². The Bertz CT molecular complexity index is 398. The van der Waals surface area contributed by atoms with Crippen LogP contribution < -0.4 is 5.32 Å². The molecule has 0 radical (unpaired) electrons. The molecule has 100 valence electrons. The van der Waals surface area contributed by atoms with Crippen LogP contribution in [0.15, 0.2) is 4.52 Å². The Morgan fingerprint density at radius 1 is 1.50 bits per heavy atom. The summed E-state index contributed by atoms with van der Waals surface area (Å²) in [6, 6.07) is 0. The molecule has 1 N–H and O–H groups in total. The summed E-state index contributed by atoms with van der Waals surface area (Å²) in [7, 11) is 0. The molecular formula is C12H19N3O2S. The van der Waals surface area contributed by atoms with Crippen LogP contribution in [0.4, 0.5) is 0 Å². The van der Waals surface area contributed by atoms with E-state index in [1.807, 2.05) is 11.8 Å². The number of hydrogen-bond acceptors (Lipinski definition) is 6. The molecular weight excluding hydrogens is 250 g/mol. The lowest BCUT2D eigenvalue weighted by atomic mass is 9.83. The summed E-state index contributed by atoms with van der Waals surface area (Å²) in [4.78, 5) is 4.57. The fraction of sp³-hybridized carbons (Fsp3) is 0.833. The van der Waals surface area contributed by atoms with E-state index >= 15 is 0 Å². The highest BCUT2D eigenvalue weighted by Crippen LogP contribution is 2.31. The Labute approximate surface area is 111 Å². The number of piperidine rings is 1. The zero-order valence-electron chi connectivity index (χ0n) is 10.6. The first-order chi connectivity index (χ1) is 8.78. The minimum Gasteiger partial charge on any atom is -0.368 e. The third-order valence-electron chi connectivity index (χ3n) is 3.66. The van der Waals surface area contributed by atoms with Crippen LogP contribution in [0.25, 0.3) is 0 Å². The van der Waals surface area contributed by atoms with Gasteiger partial charge in [0, 0.05) is 18.1 Å². The Morgan fingerprint density at radius 2 is 2.44 bits per heavy atom. The predicted octanol–water partition coefficient (Wildman–Crippen LogP) is 1.52. The average Bonchev–Trinajstić information content (AvgIpc) is 2.91. The summed E-state index contributed by atoms with van der Waals surface area (Å²) in [5.41, 5.74) is -0.0225. The topological polar surface area (TPSA) is 60.2 Å². The van der Waals surface area contributed by atoms with E-state index < -0.39 is 0 Å². The normalized spacial score (nSPS) is 33.5. The van der Waals surface area contributed by atoms with E-state index in [1.165, 1.54) is 0 Å². The van der Waals surface area contributed by atoms with Gasteiger partial charge in [0.05, 0.1) is 12.0 Å². The maximum absolute atomic E-state index is 5.68. The van der Waals surface area contributed by atoms with Crippen molar-refractivity contribution in [3.05, 3.63) is 11.7 Å². The molecule has 0 bridgehead atoms. The first-order valence-corrected chi connectivity index (χ1v) is 7.68. The van der Waals surface area contributed by atoms with Crippen molar-refractivity contribution in [1.29, 1.82) is 0 Å². The number of hydrogen-bond donors (Lipinski definition) is 1. The molecule has 2 unspecified atom stereocenters. The maximum atomic E-state index is 5.68. The van der Waals surface area contributed by atoms with Crippen molar-refractivity contribution in [2.24, 2.45) is 0 Å². The minimum absolute atomic E-state index is 0.00130. The molecule has 18 heavy (non-hydrogen) atoms. The van der Waals surface area contributed by atoms with Crippen molar-refractivity contribution in [2.75, 3.05) is 31.2 Å².